The Balaban J connectivity index is 1.63. The molecule has 0 aliphatic heterocycles. The number of anilines is 1. The van der Waals surface area contributed by atoms with Crippen molar-refractivity contribution in [3.63, 3.8) is 0 Å². The predicted octanol–water partition coefficient (Wildman–Crippen LogP) is 6.07. The molecule has 2 N–H and O–H groups in total. The van der Waals surface area contributed by atoms with Gasteiger partial charge in [0, 0.05) is 0 Å². The van der Waals surface area contributed by atoms with Gasteiger partial charge in [0.2, 0.25) is 0 Å². The first-order valence-corrected chi connectivity index (χ1v) is 12.7. The van der Waals surface area contributed by atoms with Crippen LogP contribution in [0.4, 0.5) is 5.69 Å². The van der Waals surface area contributed by atoms with E-state index in [2.05, 4.69) is 4.72 Å². The lowest BCUT2D eigenvalue weighted by Crippen LogP contribution is -2.16. The van der Waals surface area contributed by atoms with Gasteiger partial charge in [-0.05, 0) is 92.5 Å². The molecule has 0 spiro atoms. The Kier molecular flexibility index (Phi) is 7.92. The van der Waals surface area contributed by atoms with Crippen LogP contribution in [-0.2, 0) is 22.9 Å². The van der Waals surface area contributed by atoms with E-state index < -0.39 is 16.0 Å². The normalized spacial score (nSPS) is 11.4. The third kappa shape index (κ3) is 6.02. The van der Waals surface area contributed by atoms with Crippen LogP contribution in [0.15, 0.2) is 65.6 Å². The summed E-state index contributed by atoms with van der Waals surface area (Å²) in [6, 6.07) is 18.1. The van der Waals surface area contributed by atoms with Crippen LogP contribution in [0.1, 0.15) is 57.4 Å². The number of aryl methyl sites for hydroxylation is 3. The summed E-state index contributed by atoms with van der Waals surface area (Å²) in [6.45, 7) is 5.75. The van der Waals surface area contributed by atoms with Crippen molar-refractivity contribution >= 4 is 21.7 Å². The summed E-state index contributed by atoms with van der Waals surface area (Å²) >= 11 is 0. The number of aromatic carboxylic acids is 1. The summed E-state index contributed by atoms with van der Waals surface area (Å²) in [5.74, 6) is -0.897. The van der Waals surface area contributed by atoms with Crippen molar-refractivity contribution in [1.29, 1.82) is 0 Å². The molecular formula is C27H31NO4S. The highest BCUT2D eigenvalue weighted by Gasteiger charge is 2.19. The zero-order chi connectivity index (χ0) is 24.0. The molecule has 0 radical (unpaired) electrons. The number of sulfonamides is 1. The van der Waals surface area contributed by atoms with Gasteiger partial charge in [-0.1, -0.05) is 48.9 Å². The van der Waals surface area contributed by atoms with Gasteiger partial charge in [-0.15, -0.1) is 0 Å². The average molecular weight is 466 g/mol. The van der Waals surface area contributed by atoms with Crippen LogP contribution in [0.2, 0.25) is 0 Å². The highest BCUT2D eigenvalue weighted by molar-refractivity contribution is 7.92. The zero-order valence-electron chi connectivity index (χ0n) is 19.4. The van der Waals surface area contributed by atoms with E-state index >= 15 is 0 Å². The minimum absolute atomic E-state index is 0.303. The molecule has 174 valence electrons. The molecule has 0 unspecified atom stereocenters. The summed E-state index contributed by atoms with van der Waals surface area (Å²) in [6.07, 6.45) is 4.13. The second-order valence-corrected chi connectivity index (χ2v) is 10.1. The summed E-state index contributed by atoms with van der Waals surface area (Å²) < 4.78 is 29.0. The molecule has 6 heteroatoms. The third-order valence-corrected chi connectivity index (χ3v) is 7.71. The molecule has 5 nitrogen and oxygen atoms in total. The van der Waals surface area contributed by atoms with E-state index in [0.29, 0.717) is 22.6 Å². The third-order valence-electron chi connectivity index (χ3n) is 6.20. The quantitative estimate of drug-likeness (QED) is 0.356. The van der Waals surface area contributed by atoms with E-state index in [-0.39, 0.29) is 0 Å². The molecule has 0 saturated carbocycles. The van der Waals surface area contributed by atoms with E-state index in [0.717, 1.165) is 53.5 Å². The molecule has 0 fully saturated rings. The average Bonchev–Trinajstić information content (AvgIpc) is 2.78. The highest BCUT2D eigenvalue weighted by Crippen LogP contribution is 2.26. The molecule has 0 heterocycles. The van der Waals surface area contributed by atoms with Crippen LogP contribution in [-0.4, -0.2) is 19.5 Å². The van der Waals surface area contributed by atoms with Crippen LogP contribution < -0.4 is 4.72 Å². The molecule has 0 saturated heterocycles. The van der Waals surface area contributed by atoms with Crippen LogP contribution in [0.5, 0.6) is 0 Å². The highest BCUT2D eigenvalue weighted by atomic mass is 32.2. The van der Waals surface area contributed by atoms with Crippen molar-refractivity contribution in [2.75, 3.05) is 4.72 Å². The Labute approximate surface area is 196 Å². The number of unbranched alkanes of at least 4 members (excludes halogenated alkanes) is 2. The lowest BCUT2D eigenvalue weighted by atomic mass is 9.99. The maximum atomic E-state index is 13.1. The fraction of sp³-hybridized carbons (Fsp3) is 0.296. The van der Waals surface area contributed by atoms with Crippen LogP contribution in [0.3, 0.4) is 0 Å². The number of hydrogen-bond donors (Lipinski definition) is 2. The van der Waals surface area contributed by atoms with Gasteiger partial charge in [0.05, 0.1) is 16.1 Å². The number of hydrogen-bond acceptors (Lipinski definition) is 3. The topological polar surface area (TPSA) is 83.5 Å². The molecule has 33 heavy (non-hydrogen) atoms. The SMILES string of the molecule is Cc1ccc(S(=O)(=O)Nc2ccccc2CCCCCc2ccccc2C(=O)O)c(C)c1C. The smallest absolute Gasteiger partial charge is 0.335 e. The first-order valence-electron chi connectivity index (χ1n) is 11.2. The molecule has 3 rings (SSSR count). The number of benzene rings is 3. The summed E-state index contributed by atoms with van der Waals surface area (Å²) in [5, 5.41) is 9.31. The van der Waals surface area contributed by atoms with Gasteiger partial charge in [-0.2, -0.15) is 0 Å². The predicted molar refractivity (Wildman–Crippen MR) is 133 cm³/mol. The Morgan fingerprint density at radius 2 is 1.39 bits per heavy atom. The van der Waals surface area contributed by atoms with E-state index in [4.69, 9.17) is 0 Å². The van der Waals surface area contributed by atoms with Crippen molar-refractivity contribution in [2.45, 2.75) is 57.8 Å². The van der Waals surface area contributed by atoms with E-state index in [1.54, 1.807) is 24.3 Å². The number of carboxylic acid groups (broad SMARTS) is 1. The van der Waals surface area contributed by atoms with Gasteiger partial charge >= 0.3 is 5.97 Å². The molecule has 0 aromatic heterocycles. The Bertz CT molecular complexity index is 1250. The fourth-order valence-corrected chi connectivity index (χ4v) is 5.42. The Morgan fingerprint density at radius 1 is 0.788 bits per heavy atom. The van der Waals surface area contributed by atoms with Crippen LogP contribution in [0, 0.1) is 20.8 Å². The molecule has 0 aliphatic rings. The fourth-order valence-electron chi connectivity index (χ4n) is 4.01. The van der Waals surface area contributed by atoms with Crippen LogP contribution in [0.25, 0.3) is 0 Å². The van der Waals surface area contributed by atoms with Crippen molar-refractivity contribution in [3.8, 4) is 0 Å². The Hall–Kier alpha value is -3.12. The van der Waals surface area contributed by atoms with E-state index in [1.807, 2.05) is 57.2 Å². The second-order valence-electron chi connectivity index (χ2n) is 8.42. The number of nitrogens with one attached hydrogen (secondary N) is 1. The van der Waals surface area contributed by atoms with Gasteiger partial charge in [0.25, 0.3) is 10.0 Å². The Morgan fingerprint density at radius 3 is 2.09 bits per heavy atom. The van der Waals surface area contributed by atoms with Gasteiger partial charge < -0.3 is 5.11 Å². The van der Waals surface area contributed by atoms with Crippen LogP contribution >= 0.6 is 0 Å². The van der Waals surface area contributed by atoms with E-state index in [9.17, 15) is 18.3 Å². The molecular weight excluding hydrogens is 434 g/mol. The summed E-state index contributed by atoms with van der Waals surface area (Å²) in [5.41, 5.74) is 5.58. The second kappa shape index (κ2) is 10.7. The van der Waals surface area contributed by atoms with E-state index in [1.165, 1.54) is 0 Å². The molecule has 3 aromatic carbocycles. The largest absolute Gasteiger partial charge is 0.478 e. The maximum Gasteiger partial charge on any atom is 0.335 e. The van der Waals surface area contributed by atoms with Crippen molar-refractivity contribution in [2.24, 2.45) is 0 Å². The van der Waals surface area contributed by atoms with Crippen molar-refractivity contribution < 1.29 is 18.3 Å². The molecule has 0 atom stereocenters. The molecule has 3 aromatic rings. The molecule has 0 amide bonds. The molecule has 0 aliphatic carbocycles. The summed E-state index contributed by atoms with van der Waals surface area (Å²) in [7, 11) is -3.70. The first kappa shape index (κ1) is 24.5. The minimum Gasteiger partial charge on any atom is -0.478 e. The number of carbonyl (C=O) groups is 1. The standard InChI is InChI=1S/C27H31NO4S/c1-19-17-18-26(21(3)20(19)2)33(31,32)28-25-16-10-8-14-23(25)13-6-4-5-11-22-12-7-9-15-24(22)27(29)30/h7-10,12,14-18,28H,4-6,11,13H2,1-3H3,(H,29,30). The zero-order valence-corrected chi connectivity index (χ0v) is 20.2. The molecule has 0 bridgehead atoms. The number of para-hydroxylation sites is 1. The van der Waals surface area contributed by atoms with Crippen molar-refractivity contribution in [3.05, 3.63) is 94.0 Å². The van der Waals surface area contributed by atoms with Crippen molar-refractivity contribution in [1.82, 2.24) is 0 Å². The number of rotatable bonds is 10. The first-order chi connectivity index (χ1) is 15.7. The van der Waals surface area contributed by atoms with Gasteiger partial charge in [0.1, 0.15) is 0 Å². The summed E-state index contributed by atoms with van der Waals surface area (Å²) in [4.78, 5) is 11.7. The lowest BCUT2D eigenvalue weighted by Gasteiger charge is -2.16. The van der Waals surface area contributed by atoms with Gasteiger partial charge in [-0.3, -0.25) is 4.72 Å². The minimum atomic E-state index is -3.70. The lowest BCUT2D eigenvalue weighted by molar-refractivity contribution is 0.0695. The van der Waals surface area contributed by atoms with Gasteiger partial charge in [-0.25, -0.2) is 13.2 Å². The number of carboxylic acids is 1. The van der Waals surface area contributed by atoms with Gasteiger partial charge in [0.15, 0.2) is 0 Å². The maximum absolute atomic E-state index is 13.1. The monoisotopic (exact) mass is 465 g/mol.